The van der Waals surface area contributed by atoms with Crippen molar-refractivity contribution in [2.75, 3.05) is 6.61 Å². The van der Waals surface area contributed by atoms with Crippen LogP contribution in [0.2, 0.25) is 0 Å². The van der Waals surface area contributed by atoms with Gasteiger partial charge in [-0.1, -0.05) is 12.1 Å². The minimum absolute atomic E-state index is 0.104. The topological polar surface area (TPSA) is 86.5 Å². The van der Waals surface area contributed by atoms with Crippen LogP contribution in [0.1, 0.15) is 20.7 Å². The Labute approximate surface area is 139 Å². The Morgan fingerprint density at radius 1 is 1.09 bits per heavy atom. The number of ether oxygens (including phenoxy) is 1. The molecule has 0 aliphatic heterocycles. The van der Waals surface area contributed by atoms with Gasteiger partial charge in [-0.2, -0.15) is 0 Å². The number of nitro benzene ring substituents is 1. The van der Waals surface area contributed by atoms with Gasteiger partial charge in [0, 0.05) is 21.3 Å². The summed E-state index contributed by atoms with van der Waals surface area (Å²) < 4.78 is 5.71. The van der Waals surface area contributed by atoms with Gasteiger partial charge in [0.05, 0.1) is 10.5 Å². The molecule has 0 unspecified atom stereocenters. The Kier molecular flexibility index (Phi) is 5.21. The number of esters is 1. The summed E-state index contributed by atoms with van der Waals surface area (Å²) in [4.78, 5) is 33.8. The molecule has 2 aromatic rings. The lowest BCUT2D eigenvalue weighted by Crippen LogP contribution is -2.15. The third-order valence-corrected chi connectivity index (χ3v) is 3.77. The molecule has 0 N–H and O–H groups in total. The fourth-order valence-corrected chi connectivity index (χ4v) is 2.30. The van der Waals surface area contributed by atoms with Gasteiger partial charge in [0.25, 0.3) is 5.69 Å². The minimum Gasteiger partial charge on any atom is -0.454 e. The van der Waals surface area contributed by atoms with Crippen molar-refractivity contribution in [1.29, 1.82) is 0 Å². The van der Waals surface area contributed by atoms with Gasteiger partial charge in [-0.05, 0) is 46.9 Å². The number of carbonyl (C=O) groups excluding carboxylic acids is 2. The Bertz CT molecular complexity index is 727. The molecule has 0 heterocycles. The van der Waals surface area contributed by atoms with Gasteiger partial charge in [-0.15, -0.1) is 0 Å². The molecule has 112 valence electrons. The van der Waals surface area contributed by atoms with E-state index in [4.69, 9.17) is 4.74 Å². The highest BCUT2D eigenvalue weighted by atomic mass is 127. The summed E-state index contributed by atoms with van der Waals surface area (Å²) in [6, 6.07) is 12.0. The van der Waals surface area contributed by atoms with Crippen LogP contribution in [-0.4, -0.2) is 23.3 Å². The molecule has 0 saturated carbocycles. The van der Waals surface area contributed by atoms with Crippen LogP contribution in [0.25, 0.3) is 0 Å². The van der Waals surface area contributed by atoms with E-state index in [1.165, 1.54) is 24.3 Å². The number of rotatable bonds is 5. The number of benzene rings is 2. The Balaban J connectivity index is 1.99. The normalized spacial score (nSPS) is 10.0. The SMILES string of the molecule is O=C(COC(=O)c1ccccc1I)c1ccc([N+](=O)[O-])cc1. The molecule has 0 aromatic heterocycles. The second kappa shape index (κ2) is 7.12. The quantitative estimate of drug-likeness (QED) is 0.248. The predicted molar refractivity (Wildman–Crippen MR) is 86.9 cm³/mol. The van der Waals surface area contributed by atoms with Crippen LogP contribution >= 0.6 is 22.6 Å². The zero-order chi connectivity index (χ0) is 16.1. The number of ketones is 1. The van der Waals surface area contributed by atoms with Gasteiger partial charge in [0.15, 0.2) is 12.4 Å². The van der Waals surface area contributed by atoms with Crippen molar-refractivity contribution < 1.29 is 19.2 Å². The molecule has 0 spiro atoms. The monoisotopic (exact) mass is 411 g/mol. The number of hydrogen-bond donors (Lipinski definition) is 0. The van der Waals surface area contributed by atoms with Crippen molar-refractivity contribution in [2.24, 2.45) is 0 Å². The number of halogens is 1. The molecule has 0 aliphatic rings. The molecule has 0 aliphatic carbocycles. The van der Waals surface area contributed by atoms with Crippen molar-refractivity contribution in [3.63, 3.8) is 0 Å². The largest absolute Gasteiger partial charge is 0.454 e. The highest BCUT2D eigenvalue weighted by molar-refractivity contribution is 14.1. The molecule has 0 radical (unpaired) electrons. The Morgan fingerprint density at radius 3 is 2.32 bits per heavy atom. The predicted octanol–water partition coefficient (Wildman–Crippen LogP) is 3.24. The molecule has 0 bridgehead atoms. The van der Waals surface area contributed by atoms with Crippen LogP contribution in [0, 0.1) is 13.7 Å². The summed E-state index contributed by atoms with van der Waals surface area (Å²) in [5.41, 5.74) is 0.535. The maximum absolute atomic E-state index is 11.9. The number of nitrogens with zero attached hydrogens (tertiary/aromatic N) is 1. The first-order valence-corrected chi connectivity index (χ1v) is 7.26. The molecule has 0 amide bonds. The van der Waals surface area contributed by atoms with Crippen molar-refractivity contribution >= 4 is 40.0 Å². The summed E-state index contributed by atoms with van der Waals surface area (Å²) in [7, 11) is 0. The van der Waals surface area contributed by atoms with E-state index in [1.54, 1.807) is 24.3 Å². The summed E-state index contributed by atoms with van der Waals surface area (Å²) in [6.45, 7) is -0.415. The van der Waals surface area contributed by atoms with Crippen LogP contribution in [0.3, 0.4) is 0 Å². The van der Waals surface area contributed by atoms with Gasteiger partial charge >= 0.3 is 5.97 Å². The van der Waals surface area contributed by atoms with Crippen molar-refractivity contribution in [2.45, 2.75) is 0 Å². The number of nitro groups is 1. The number of carbonyl (C=O) groups is 2. The van der Waals surface area contributed by atoms with Crippen LogP contribution < -0.4 is 0 Å². The fraction of sp³-hybridized carbons (Fsp3) is 0.0667. The first kappa shape index (κ1) is 16.1. The van der Waals surface area contributed by atoms with E-state index in [9.17, 15) is 19.7 Å². The van der Waals surface area contributed by atoms with Gasteiger partial charge in [0.1, 0.15) is 0 Å². The Morgan fingerprint density at radius 2 is 1.73 bits per heavy atom. The zero-order valence-corrected chi connectivity index (χ0v) is 13.3. The number of Topliss-reactive ketones (excluding diaryl/α,β-unsaturated/α-hetero) is 1. The van der Waals surface area contributed by atoms with Crippen LogP contribution in [-0.2, 0) is 4.74 Å². The summed E-state index contributed by atoms with van der Waals surface area (Å²) in [6.07, 6.45) is 0. The smallest absolute Gasteiger partial charge is 0.339 e. The third kappa shape index (κ3) is 3.88. The van der Waals surface area contributed by atoms with E-state index >= 15 is 0 Å². The van der Waals surface area contributed by atoms with Gasteiger partial charge in [-0.25, -0.2) is 4.79 Å². The number of hydrogen-bond acceptors (Lipinski definition) is 5. The van der Waals surface area contributed by atoms with E-state index in [1.807, 2.05) is 22.6 Å². The van der Waals surface area contributed by atoms with E-state index in [0.717, 1.165) is 3.57 Å². The average Bonchev–Trinajstić information content (AvgIpc) is 2.52. The molecule has 22 heavy (non-hydrogen) atoms. The molecular weight excluding hydrogens is 401 g/mol. The van der Waals surface area contributed by atoms with Gasteiger partial charge in [0.2, 0.25) is 0 Å². The van der Waals surface area contributed by atoms with Crippen molar-refractivity contribution in [1.82, 2.24) is 0 Å². The van der Waals surface area contributed by atoms with Crippen molar-refractivity contribution in [3.8, 4) is 0 Å². The zero-order valence-electron chi connectivity index (χ0n) is 11.2. The fourth-order valence-electron chi connectivity index (χ4n) is 1.69. The lowest BCUT2D eigenvalue weighted by Gasteiger charge is -2.05. The van der Waals surface area contributed by atoms with Crippen LogP contribution in [0.15, 0.2) is 48.5 Å². The molecule has 0 saturated heterocycles. The first-order chi connectivity index (χ1) is 10.5. The van der Waals surface area contributed by atoms with Gasteiger partial charge in [-0.3, -0.25) is 14.9 Å². The molecule has 2 rings (SSSR count). The summed E-state index contributed by atoms with van der Waals surface area (Å²) in [5, 5.41) is 10.5. The van der Waals surface area contributed by atoms with E-state index in [-0.39, 0.29) is 11.3 Å². The van der Waals surface area contributed by atoms with Crippen LogP contribution in [0.5, 0.6) is 0 Å². The Hall–Kier alpha value is -2.29. The van der Waals surface area contributed by atoms with Gasteiger partial charge < -0.3 is 4.74 Å². The van der Waals surface area contributed by atoms with Crippen LogP contribution in [0.4, 0.5) is 5.69 Å². The maximum atomic E-state index is 11.9. The lowest BCUT2D eigenvalue weighted by atomic mass is 10.1. The van der Waals surface area contributed by atoms with E-state index in [0.29, 0.717) is 5.56 Å². The molecular formula is C15H10INO5. The average molecular weight is 411 g/mol. The standard InChI is InChI=1S/C15H10INO5/c16-13-4-2-1-3-12(13)15(19)22-9-14(18)10-5-7-11(8-6-10)17(20)21/h1-8H,9H2. The first-order valence-electron chi connectivity index (χ1n) is 6.18. The minimum atomic E-state index is -0.583. The van der Waals surface area contributed by atoms with Crippen molar-refractivity contribution in [3.05, 3.63) is 73.3 Å². The molecule has 7 heteroatoms. The summed E-state index contributed by atoms with van der Waals surface area (Å²) in [5.74, 6) is -1.01. The number of non-ortho nitro benzene ring substituents is 1. The second-order valence-electron chi connectivity index (χ2n) is 4.28. The molecule has 6 nitrogen and oxygen atoms in total. The molecule has 0 atom stereocenters. The molecule has 2 aromatic carbocycles. The van der Waals surface area contributed by atoms with E-state index < -0.39 is 23.3 Å². The maximum Gasteiger partial charge on any atom is 0.339 e. The second-order valence-corrected chi connectivity index (χ2v) is 5.45. The lowest BCUT2D eigenvalue weighted by molar-refractivity contribution is -0.384. The molecule has 0 fully saturated rings. The highest BCUT2D eigenvalue weighted by Crippen LogP contribution is 2.14. The third-order valence-electron chi connectivity index (χ3n) is 2.83. The summed E-state index contributed by atoms with van der Waals surface area (Å²) >= 11 is 2.00. The highest BCUT2D eigenvalue weighted by Gasteiger charge is 2.14. The van der Waals surface area contributed by atoms with E-state index in [2.05, 4.69) is 0 Å².